The van der Waals surface area contributed by atoms with Gasteiger partial charge < -0.3 is 9.73 Å². The van der Waals surface area contributed by atoms with Crippen molar-refractivity contribution < 1.29 is 13.2 Å². The summed E-state index contributed by atoms with van der Waals surface area (Å²) < 4.78 is 34.3. The summed E-state index contributed by atoms with van der Waals surface area (Å²) >= 11 is 0. The monoisotopic (exact) mass is 292 g/mol. The summed E-state index contributed by atoms with van der Waals surface area (Å²) in [5, 5.41) is 3.25. The molecule has 112 valence electrons. The van der Waals surface area contributed by atoms with Crippen LogP contribution in [0.4, 0.5) is 8.78 Å². The van der Waals surface area contributed by atoms with Crippen LogP contribution in [-0.4, -0.2) is 31.1 Å². The van der Waals surface area contributed by atoms with E-state index in [0.717, 1.165) is 26.2 Å². The number of aryl methyl sites for hydroxylation is 1. The Bertz CT molecular complexity index is 607. The van der Waals surface area contributed by atoms with Crippen LogP contribution in [0.15, 0.2) is 34.9 Å². The number of hydrogen-bond donors (Lipinski definition) is 1. The minimum Gasteiger partial charge on any atom is -0.467 e. The van der Waals surface area contributed by atoms with Gasteiger partial charge in [-0.25, -0.2) is 8.78 Å². The number of piperazine rings is 1. The van der Waals surface area contributed by atoms with Gasteiger partial charge in [0.25, 0.3) is 0 Å². The normalized spacial score (nSPS) is 17.9. The topological polar surface area (TPSA) is 28.4 Å². The fourth-order valence-corrected chi connectivity index (χ4v) is 2.82. The Balaban J connectivity index is 2.09. The van der Waals surface area contributed by atoms with E-state index in [2.05, 4.69) is 10.2 Å². The average molecular weight is 292 g/mol. The van der Waals surface area contributed by atoms with Crippen molar-refractivity contribution in [3.63, 3.8) is 0 Å². The number of halogens is 2. The summed E-state index contributed by atoms with van der Waals surface area (Å²) in [7, 11) is 0. The molecule has 1 atom stereocenters. The average Bonchev–Trinajstić information content (AvgIpc) is 3.02. The highest BCUT2D eigenvalue weighted by atomic mass is 19.1. The number of nitrogens with zero attached hydrogens (tertiary/aromatic N) is 1. The minimum absolute atomic E-state index is 0.0758. The van der Waals surface area contributed by atoms with Gasteiger partial charge in [-0.15, -0.1) is 0 Å². The van der Waals surface area contributed by atoms with E-state index in [1.54, 1.807) is 19.1 Å². The predicted molar refractivity (Wildman–Crippen MR) is 76.1 cm³/mol. The van der Waals surface area contributed by atoms with Crippen molar-refractivity contribution >= 4 is 0 Å². The molecule has 1 fully saturated rings. The minimum atomic E-state index is -0.530. The third kappa shape index (κ3) is 2.71. The van der Waals surface area contributed by atoms with Crippen molar-refractivity contribution in [3.8, 4) is 0 Å². The van der Waals surface area contributed by atoms with Gasteiger partial charge in [0.15, 0.2) is 0 Å². The van der Waals surface area contributed by atoms with E-state index in [4.69, 9.17) is 4.42 Å². The Labute approximate surface area is 122 Å². The predicted octanol–water partition coefficient (Wildman–Crippen LogP) is 2.86. The largest absolute Gasteiger partial charge is 0.467 e. The molecule has 2 heterocycles. The molecule has 1 aliphatic heterocycles. The molecule has 1 aliphatic rings. The Morgan fingerprint density at radius 2 is 1.95 bits per heavy atom. The van der Waals surface area contributed by atoms with Gasteiger partial charge in [0.05, 0.1) is 12.3 Å². The highest BCUT2D eigenvalue weighted by Gasteiger charge is 2.31. The van der Waals surface area contributed by atoms with Crippen LogP contribution in [0.3, 0.4) is 0 Å². The summed E-state index contributed by atoms with van der Waals surface area (Å²) in [4.78, 5) is 2.05. The number of furan rings is 1. The second-order valence-electron chi connectivity index (χ2n) is 5.30. The molecular formula is C16H18F2N2O. The summed E-state index contributed by atoms with van der Waals surface area (Å²) in [6.07, 6.45) is 1.54. The van der Waals surface area contributed by atoms with Gasteiger partial charge in [-0.3, -0.25) is 4.90 Å². The summed E-state index contributed by atoms with van der Waals surface area (Å²) in [5.41, 5.74) is 0.518. The molecular weight excluding hydrogens is 274 g/mol. The van der Waals surface area contributed by atoms with Gasteiger partial charge in [-0.2, -0.15) is 0 Å². The lowest BCUT2D eigenvalue weighted by Gasteiger charge is -2.34. The van der Waals surface area contributed by atoms with E-state index in [1.807, 2.05) is 0 Å². The molecule has 1 saturated heterocycles. The smallest absolute Gasteiger partial charge is 0.134 e. The van der Waals surface area contributed by atoms with E-state index < -0.39 is 17.7 Å². The van der Waals surface area contributed by atoms with Crippen LogP contribution in [0.2, 0.25) is 0 Å². The molecule has 5 heteroatoms. The van der Waals surface area contributed by atoms with E-state index in [-0.39, 0.29) is 5.56 Å². The second kappa shape index (κ2) is 5.95. The van der Waals surface area contributed by atoms with Crippen molar-refractivity contribution in [2.24, 2.45) is 0 Å². The second-order valence-corrected chi connectivity index (χ2v) is 5.30. The lowest BCUT2D eigenvalue weighted by Crippen LogP contribution is -2.45. The third-order valence-corrected chi connectivity index (χ3v) is 3.92. The number of hydrogen-bond acceptors (Lipinski definition) is 3. The van der Waals surface area contributed by atoms with Crippen LogP contribution in [0.25, 0.3) is 0 Å². The van der Waals surface area contributed by atoms with Gasteiger partial charge in [-0.1, -0.05) is 6.07 Å². The summed E-state index contributed by atoms with van der Waals surface area (Å²) in [6.45, 7) is 4.68. The molecule has 21 heavy (non-hydrogen) atoms. The molecule has 0 amide bonds. The van der Waals surface area contributed by atoms with Gasteiger partial charge in [0.2, 0.25) is 0 Å². The first-order chi connectivity index (χ1) is 10.2. The maximum atomic E-state index is 14.5. The highest BCUT2D eigenvalue weighted by molar-refractivity contribution is 5.33. The first-order valence-corrected chi connectivity index (χ1v) is 7.11. The summed E-state index contributed by atoms with van der Waals surface area (Å²) in [6, 6.07) is 5.78. The first kappa shape index (κ1) is 14.2. The van der Waals surface area contributed by atoms with Gasteiger partial charge in [-0.05, 0) is 30.7 Å². The van der Waals surface area contributed by atoms with E-state index in [0.29, 0.717) is 11.3 Å². The Morgan fingerprint density at radius 1 is 1.19 bits per heavy atom. The Hall–Kier alpha value is -1.72. The van der Waals surface area contributed by atoms with Crippen molar-refractivity contribution in [1.82, 2.24) is 10.2 Å². The van der Waals surface area contributed by atoms with E-state index in [1.165, 1.54) is 18.4 Å². The van der Waals surface area contributed by atoms with Crippen LogP contribution in [-0.2, 0) is 0 Å². The van der Waals surface area contributed by atoms with Gasteiger partial charge in [0, 0.05) is 31.7 Å². The zero-order chi connectivity index (χ0) is 14.8. The van der Waals surface area contributed by atoms with E-state index in [9.17, 15) is 8.78 Å². The molecule has 0 saturated carbocycles. The Morgan fingerprint density at radius 3 is 2.62 bits per heavy atom. The molecule has 0 bridgehead atoms. The molecule has 0 unspecified atom stereocenters. The van der Waals surface area contributed by atoms with Gasteiger partial charge in [0.1, 0.15) is 17.4 Å². The lowest BCUT2D eigenvalue weighted by atomic mass is 9.98. The fraction of sp³-hybridized carbons (Fsp3) is 0.375. The van der Waals surface area contributed by atoms with Gasteiger partial charge >= 0.3 is 0 Å². The highest BCUT2D eigenvalue weighted by Crippen LogP contribution is 2.33. The molecule has 3 nitrogen and oxygen atoms in total. The van der Waals surface area contributed by atoms with Crippen LogP contribution in [0.1, 0.15) is 22.9 Å². The van der Waals surface area contributed by atoms with Crippen LogP contribution in [0.5, 0.6) is 0 Å². The van der Waals surface area contributed by atoms with E-state index >= 15 is 0 Å². The van der Waals surface area contributed by atoms with Crippen LogP contribution >= 0.6 is 0 Å². The molecule has 3 rings (SSSR count). The standard InChI is InChI=1S/C16H18F2N2O/c1-11-4-5-12(17)14(15(11)18)16(13-3-2-10-21-13)20-8-6-19-7-9-20/h2-5,10,16,19H,6-9H2,1H3/t16-/m1/s1. The van der Waals surface area contributed by atoms with Crippen LogP contribution < -0.4 is 5.32 Å². The number of nitrogens with one attached hydrogen (secondary N) is 1. The summed E-state index contributed by atoms with van der Waals surface area (Å²) in [5.74, 6) is -0.451. The Kier molecular flexibility index (Phi) is 4.03. The molecule has 1 aromatic carbocycles. The van der Waals surface area contributed by atoms with Crippen LogP contribution in [0, 0.1) is 18.6 Å². The van der Waals surface area contributed by atoms with Crippen molar-refractivity contribution in [3.05, 3.63) is 59.1 Å². The first-order valence-electron chi connectivity index (χ1n) is 7.11. The number of rotatable bonds is 3. The zero-order valence-corrected chi connectivity index (χ0v) is 11.9. The maximum Gasteiger partial charge on any atom is 0.134 e. The van der Waals surface area contributed by atoms with Crippen molar-refractivity contribution in [2.45, 2.75) is 13.0 Å². The molecule has 1 aromatic heterocycles. The maximum absolute atomic E-state index is 14.5. The number of benzene rings is 1. The lowest BCUT2D eigenvalue weighted by molar-refractivity contribution is 0.173. The SMILES string of the molecule is Cc1ccc(F)c([C@@H](c2ccco2)N2CCNCC2)c1F. The molecule has 0 radical (unpaired) electrons. The zero-order valence-electron chi connectivity index (χ0n) is 11.9. The molecule has 0 spiro atoms. The molecule has 0 aliphatic carbocycles. The fourth-order valence-electron chi connectivity index (χ4n) is 2.82. The molecule has 2 aromatic rings. The van der Waals surface area contributed by atoms with Crippen molar-refractivity contribution in [1.29, 1.82) is 0 Å². The van der Waals surface area contributed by atoms with Crippen molar-refractivity contribution in [2.75, 3.05) is 26.2 Å². The molecule has 1 N–H and O–H groups in total. The third-order valence-electron chi connectivity index (χ3n) is 3.92. The quantitative estimate of drug-likeness (QED) is 0.943.